The highest BCUT2D eigenvalue weighted by atomic mass is 16.5. The Kier molecular flexibility index (Phi) is 6.88. The minimum absolute atomic E-state index is 0.121. The fraction of sp³-hybridized carbons (Fsp3) is 0.400. The summed E-state index contributed by atoms with van der Waals surface area (Å²) >= 11 is 0. The number of anilines is 1. The SMILES string of the molecule is CCNC(=O)CC[C@H](NC(=O)c1ccc(N)cc1)C(=O)OC. The van der Waals surface area contributed by atoms with Crippen LogP contribution in [0.2, 0.25) is 0 Å². The molecule has 0 saturated heterocycles. The number of carbonyl (C=O) groups excluding carboxylic acids is 3. The van der Waals surface area contributed by atoms with Gasteiger partial charge in [-0.15, -0.1) is 0 Å². The Balaban J connectivity index is 2.68. The molecule has 4 N–H and O–H groups in total. The summed E-state index contributed by atoms with van der Waals surface area (Å²) in [6.45, 7) is 2.32. The van der Waals surface area contributed by atoms with Gasteiger partial charge in [0.15, 0.2) is 0 Å². The van der Waals surface area contributed by atoms with E-state index in [2.05, 4.69) is 15.4 Å². The lowest BCUT2D eigenvalue weighted by atomic mass is 10.1. The number of esters is 1. The smallest absolute Gasteiger partial charge is 0.328 e. The van der Waals surface area contributed by atoms with Crippen LogP contribution in [0.15, 0.2) is 24.3 Å². The van der Waals surface area contributed by atoms with Gasteiger partial charge in [-0.2, -0.15) is 0 Å². The third-order valence-electron chi connectivity index (χ3n) is 3.00. The van der Waals surface area contributed by atoms with Crippen molar-refractivity contribution >= 4 is 23.5 Å². The van der Waals surface area contributed by atoms with Crippen LogP contribution in [0.5, 0.6) is 0 Å². The minimum atomic E-state index is -0.877. The molecule has 0 unspecified atom stereocenters. The van der Waals surface area contributed by atoms with E-state index >= 15 is 0 Å². The van der Waals surface area contributed by atoms with Gasteiger partial charge < -0.3 is 21.1 Å². The van der Waals surface area contributed by atoms with Gasteiger partial charge in [-0.25, -0.2) is 4.79 Å². The van der Waals surface area contributed by atoms with Gasteiger partial charge in [-0.3, -0.25) is 9.59 Å². The maximum atomic E-state index is 12.1. The van der Waals surface area contributed by atoms with Gasteiger partial charge in [-0.05, 0) is 37.6 Å². The van der Waals surface area contributed by atoms with Crippen molar-refractivity contribution in [1.82, 2.24) is 10.6 Å². The number of methoxy groups -OCH3 is 1. The summed E-state index contributed by atoms with van der Waals surface area (Å²) in [5.41, 5.74) is 6.47. The first-order chi connectivity index (χ1) is 10.5. The molecule has 0 bridgehead atoms. The van der Waals surface area contributed by atoms with E-state index < -0.39 is 17.9 Å². The van der Waals surface area contributed by atoms with E-state index in [0.29, 0.717) is 17.8 Å². The van der Waals surface area contributed by atoms with Gasteiger partial charge in [0.25, 0.3) is 5.91 Å². The lowest BCUT2D eigenvalue weighted by Crippen LogP contribution is -2.42. The number of carbonyl (C=O) groups is 3. The molecular formula is C15H21N3O4. The fourth-order valence-corrected chi connectivity index (χ4v) is 1.83. The zero-order valence-corrected chi connectivity index (χ0v) is 12.7. The highest BCUT2D eigenvalue weighted by Crippen LogP contribution is 2.07. The number of ether oxygens (including phenoxy) is 1. The molecular weight excluding hydrogens is 286 g/mol. The number of hydrogen-bond acceptors (Lipinski definition) is 5. The molecule has 0 spiro atoms. The normalized spacial score (nSPS) is 11.4. The Morgan fingerprint density at radius 2 is 1.86 bits per heavy atom. The van der Waals surface area contributed by atoms with Crippen molar-refractivity contribution < 1.29 is 19.1 Å². The molecule has 0 saturated carbocycles. The van der Waals surface area contributed by atoms with Crippen LogP contribution in [-0.2, 0) is 14.3 Å². The summed E-state index contributed by atoms with van der Waals surface area (Å²) in [5.74, 6) is -1.20. The van der Waals surface area contributed by atoms with E-state index in [1.807, 2.05) is 0 Å². The highest BCUT2D eigenvalue weighted by Gasteiger charge is 2.22. The van der Waals surface area contributed by atoms with E-state index in [9.17, 15) is 14.4 Å². The number of nitrogens with two attached hydrogens (primary N) is 1. The molecule has 0 aliphatic rings. The lowest BCUT2D eigenvalue weighted by Gasteiger charge is -2.16. The maximum absolute atomic E-state index is 12.1. The molecule has 22 heavy (non-hydrogen) atoms. The van der Waals surface area contributed by atoms with Gasteiger partial charge in [0.05, 0.1) is 7.11 Å². The van der Waals surface area contributed by atoms with Crippen LogP contribution in [-0.4, -0.2) is 37.5 Å². The van der Waals surface area contributed by atoms with E-state index in [1.165, 1.54) is 7.11 Å². The maximum Gasteiger partial charge on any atom is 0.328 e. The number of nitrogens with one attached hydrogen (secondary N) is 2. The minimum Gasteiger partial charge on any atom is -0.467 e. The molecule has 120 valence electrons. The molecule has 1 aromatic carbocycles. The second-order valence-electron chi connectivity index (χ2n) is 4.66. The van der Waals surface area contributed by atoms with E-state index in [0.717, 1.165) is 0 Å². The predicted octanol–water partition coefficient (Wildman–Crippen LogP) is 0.456. The van der Waals surface area contributed by atoms with Crippen LogP contribution in [0.25, 0.3) is 0 Å². The molecule has 7 nitrogen and oxygen atoms in total. The summed E-state index contributed by atoms with van der Waals surface area (Å²) in [6.07, 6.45) is 0.287. The van der Waals surface area contributed by atoms with Crippen molar-refractivity contribution in [3.8, 4) is 0 Å². The molecule has 1 rings (SSSR count). The van der Waals surface area contributed by atoms with Crippen molar-refractivity contribution in [2.75, 3.05) is 19.4 Å². The summed E-state index contributed by atoms with van der Waals surface area (Å²) < 4.78 is 4.66. The average Bonchev–Trinajstić information content (AvgIpc) is 2.51. The molecule has 2 amide bonds. The largest absolute Gasteiger partial charge is 0.467 e. The Morgan fingerprint density at radius 1 is 1.23 bits per heavy atom. The van der Waals surface area contributed by atoms with Gasteiger partial charge in [-0.1, -0.05) is 0 Å². The van der Waals surface area contributed by atoms with E-state index in [-0.39, 0.29) is 18.7 Å². The first-order valence-corrected chi connectivity index (χ1v) is 6.98. The number of rotatable bonds is 7. The molecule has 0 radical (unpaired) electrons. The lowest BCUT2D eigenvalue weighted by molar-refractivity contribution is -0.143. The number of amides is 2. The quantitative estimate of drug-likeness (QED) is 0.500. The third kappa shape index (κ3) is 5.43. The number of nitrogen functional groups attached to an aromatic ring is 1. The van der Waals surface area contributed by atoms with Crippen LogP contribution >= 0.6 is 0 Å². The second-order valence-corrected chi connectivity index (χ2v) is 4.66. The summed E-state index contributed by atoms with van der Waals surface area (Å²) in [6, 6.07) is 5.43. The molecule has 0 aromatic heterocycles. The number of hydrogen-bond donors (Lipinski definition) is 3. The average molecular weight is 307 g/mol. The zero-order chi connectivity index (χ0) is 16.5. The van der Waals surface area contributed by atoms with Crippen molar-refractivity contribution in [3.63, 3.8) is 0 Å². The monoisotopic (exact) mass is 307 g/mol. The van der Waals surface area contributed by atoms with Crippen molar-refractivity contribution in [2.45, 2.75) is 25.8 Å². The molecule has 1 atom stereocenters. The van der Waals surface area contributed by atoms with Gasteiger partial charge >= 0.3 is 5.97 Å². The van der Waals surface area contributed by atoms with Gasteiger partial charge in [0.2, 0.25) is 5.91 Å². The standard InChI is InChI=1S/C15H21N3O4/c1-3-17-13(19)9-8-12(15(21)22-2)18-14(20)10-4-6-11(16)7-5-10/h4-7,12H,3,8-9,16H2,1-2H3,(H,17,19)(H,18,20)/t12-/m0/s1. The number of benzene rings is 1. The highest BCUT2D eigenvalue weighted by molar-refractivity contribution is 5.97. The Morgan fingerprint density at radius 3 is 2.41 bits per heavy atom. The van der Waals surface area contributed by atoms with Crippen molar-refractivity contribution in [2.24, 2.45) is 0 Å². The van der Waals surface area contributed by atoms with Gasteiger partial charge in [0.1, 0.15) is 6.04 Å². The second kappa shape index (κ2) is 8.66. The van der Waals surface area contributed by atoms with Crippen molar-refractivity contribution in [3.05, 3.63) is 29.8 Å². The van der Waals surface area contributed by atoms with Crippen LogP contribution in [0, 0.1) is 0 Å². The topological polar surface area (TPSA) is 111 Å². The first-order valence-electron chi connectivity index (χ1n) is 6.98. The Labute approximate surface area is 129 Å². The predicted molar refractivity (Wildman–Crippen MR) is 82.0 cm³/mol. The molecule has 0 aliphatic carbocycles. The molecule has 1 aromatic rings. The zero-order valence-electron chi connectivity index (χ0n) is 12.7. The van der Waals surface area contributed by atoms with E-state index in [1.54, 1.807) is 31.2 Å². The molecule has 0 fully saturated rings. The van der Waals surface area contributed by atoms with E-state index in [4.69, 9.17) is 5.73 Å². The molecule has 7 heteroatoms. The Bertz CT molecular complexity index is 528. The Hall–Kier alpha value is -2.57. The van der Waals surface area contributed by atoms with Gasteiger partial charge in [0, 0.05) is 24.2 Å². The van der Waals surface area contributed by atoms with Crippen molar-refractivity contribution in [1.29, 1.82) is 0 Å². The summed E-state index contributed by atoms with van der Waals surface area (Å²) in [4.78, 5) is 35.3. The first kappa shape index (κ1) is 17.5. The summed E-state index contributed by atoms with van der Waals surface area (Å²) in [7, 11) is 1.23. The van der Waals surface area contributed by atoms with Crippen LogP contribution in [0.1, 0.15) is 30.1 Å². The molecule has 0 aliphatic heterocycles. The third-order valence-corrected chi connectivity index (χ3v) is 3.00. The fourth-order valence-electron chi connectivity index (χ4n) is 1.83. The van der Waals surface area contributed by atoms with Crippen LogP contribution in [0.4, 0.5) is 5.69 Å². The molecule has 0 heterocycles. The van der Waals surface area contributed by atoms with Crippen LogP contribution in [0.3, 0.4) is 0 Å². The van der Waals surface area contributed by atoms with Crippen LogP contribution < -0.4 is 16.4 Å². The summed E-state index contributed by atoms with van der Waals surface area (Å²) in [5, 5.41) is 5.20.